The molecule has 3 N–H and O–H groups in total. The SMILES string of the molecule is CS(=O)(=O)O[C@H]1CN[C@H]([C@H](O)[C@@H]2CCNC2=O)C1. The van der Waals surface area contributed by atoms with Crippen molar-refractivity contribution in [1.29, 1.82) is 0 Å². The predicted octanol–water partition coefficient (Wildman–Crippen LogP) is -1.81. The van der Waals surface area contributed by atoms with Gasteiger partial charge in [0.1, 0.15) is 0 Å². The number of nitrogens with one attached hydrogen (secondary N) is 2. The standard InChI is InChI=1S/C10H18N2O5S/c1-18(15,16)17-6-4-8(12-5-6)9(13)7-2-3-11-10(7)14/h6-9,12-13H,2-5H2,1H3,(H,11,14)/t6-,7+,8+,9-/m1/s1. The van der Waals surface area contributed by atoms with Crippen LogP contribution in [-0.2, 0) is 19.1 Å². The molecule has 0 bridgehead atoms. The van der Waals surface area contributed by atoms with E-state index < -0.39 is 28.2 Å². The van der Waals surface area contributed by atoms with E-state index in [1.165, 1.54) is 0 Å². The van der Waals surface area contributed by atoms with Crippen LogP contribution in [0.15, 0.2) is 0 Å². The molecule has 2 aliphatic rings. The molecule has 4 atom stereocenters. The highest BCUT2D eigenvalue weighted by Gasteiger charge is 2.39. The molecule has 1 amide bonds. The fourth-order valence-corrected chi connectivity index (χ4v) is 3.17. The van der Waals surface area contributed by atoms with Gasteiger partial charge >= 0.3 is 0 Å². The second-order valence-corrected chi connectivity index (χ2v) is 6.45. The molecule has 0 aromatic rings. The largest absolute Gasteiger partial charge is 0.391 e. The van der Waals surface area contributed by atoms with Crippen molar-refractivity contribution in [2.45, 2.75) is 31.1 Å². The number of amides is 1. The van der Waals surface area contributed by atoms with Crippen molar-refractivity contribution >= 4 is 16.0 Å². The molecule has 0 aliphatic carbocycles. The van der Waals surface area contributed by atoms with Crippen LogP contribution >= 0.6 is 0 Å². The zero-order valence-corrected chi connectivity index (χ0v) is 10.9. The van der Waals surface area contributed by atoms with E-state index in [0.717, 1.165) is 6.26 Å². The minimum Gasteiger partial charge on any atom is -0.391 e. The van der Waals surface area contributed by atoms with Gasteiger partial charge in [-0.3, -0.25) is 8.98 Å². The first kappa shape index (κ1) is 13.7. The van der Waals surface area contributed by atoms with E-state index in [4.69, 9.17) is 4.18 Å². The van der Waals surface area contributed by atoms with Crippen molar-refractivity contribution in [3.05, 3.63) is 0 Å². The van der Waals surface area contributed by atoms with E-state index in [9.17, 15) is 18.3 Å². The van der Waals surface area contributed by atoms with Crippen LogP contribution in [0.25, 0.3) is 0 Å². The maximum Gasteiger partial charge on any atom is 0.264 e. The lowest BCUT2D eigenvalue weighted by Crippen LogP contribution is -2.42. The Bertz CT molecular complexity index is 424. The Hall–Kier alpha value is -0.700. The van der Waals surface area contributed by atoms with Crippen molar-refractivity contribution in [3.8, 4) is 0 Å². The molecule has 2 saturated heterocycles. The number of aliphatic hydroxyl groups is 1. The number of rotatable bonds is 4. The number of hydrogen-bond acceptors (Lipinski definition) is 6. The van der Waals surface area contributed by atoms with Crippen LogP contribution in [0.2, 0.25) is 0 Å². The third-order valence-corrected chi connectivity index (χ3v) is 3.97. The summed E-state index contributed by atoms with van der Waals surface area (Å²) in [6.45, 7) is 0.944. The maximum atomic E-state index is 11.5. The Morgan fingerprint density at radius 2 is 2.22 bits per heavy atom. The zero-order chi connectivity index (χ0) is 13.3. The molecule has 0 aromatic carbocycles. The van der Waals surface area contributed by atoms with Crippen molar-refractivity contribution < 1.29 is 22.5 Å². The lowest BCUT2D eigenvalue weighted by molar-refractivity contribution is -0.126. The fraction of sp³-hybridized carbons (Fsp3) is 0.900. The number of carbonyl (C=O) groups is 1. The summed E-state index contributed by atoms with van der Waals surface area (Å²) in [5, 5.41) is 15.8. The van der Waals surface area contributed by atoms with E-state index in [2.05, 4.69) is 10.6 Å². The number of aliphatic hydroxyl groups excluding tert-OH is 1. The Morgan fingerprint density at radius 1 is 1.50 bits per heavy atom. The molecule has 104 valence electrons. The molecule has 0 radical (unpaired) electrons. The first-order valence-electron chi connectivity index (χ1n) is 5.94. The van der Waals surface area contributed by atoms with Gasteiger partial charge in [0.2, 0.25) is 5.91 Å². The summed E-state index contributed by atoms with van der Waals surface area (Å²) in [5.74, 6) is -0.559. The van der Waals surface area contributed by atoms with Crippen molar-refractivity contribution in [2.24, 2.45) is 5.92 Å². The molecule has 2 aliphatic heterocycles. The number of carbonyl (C=O) groups excluding carboxylic acids is 1. The second kappa shape index (κ2) is 5.12. The van der Waals surface area contributed by atoms with E-state index in [0.29, 0.717) is 25.9 Å². The normalized spacial score (nSPS) is 34.6. The zero-order valence-electron chi connectivity index (χ0n) is 10.1. The molecule has 0 aromatic heterocycles. The summed E-state index contributed by atoms with van der Waals surface area (Å²) >= 11 is 0. The molecule has 0 spiro atoms. The average Bonchev–Trinajstić information content (AvgIpc) is 2.84. The third-order valence-electron chi connectivity index (χ3n) is 3.35. The number of hydrogen-bond donors (Lipinski definition) is 3. The van der Waals surface area contributed by atoms with Crippen molar-refractivity contribution in [3.63, 3.8) is 0 Å². The molecule has 8 heteroatoms. The summed E-state index contributed by atoms with van der Waals surface area (Å²) in [7, 11) is -3.49. The summed E-state index contributed by atoms with van der Waals surface area (Å²) in [4.78, 5) is 11.5. The highest BCUT2D eigenvalue weighted by Crippen LogP contribution is 2.23. The van der Waals surface area contributed by atoms with Gasteiger partial charge in [0.15, 0.2) is 0 Å². The summed E-state index contributed by atoms with van der Waals surface area (Å²) in [6, 6.07) is -0.300. The van der Waals surface area contributed by atoms with Crippen LogP contribution in [0.4, 0.5) is 0 Å². The third kappa shape index (κ3) is 3.19. The molecule has 2 heterocycles. The van der Waals surface area contributed by atoms with Crippen molar-refractivity contribution in [2.75, 3.05) is 19.3 Å². The molecule has 2 rings (SSSR count). The van der Waals surface area contributed by atoms with Gasteiger partial charge in [-0.15, -0.1) is 0 Å². The topological polar surface area (TPSA) is 105 Å². The Morgan fingerprint density at radius 3 is 2.78 bits per heavy atom. The molecule has 7 nitrogen and oxygen atoms in total. The molecule has 2 fully saturated rings. The van der Waals surface area contributed by atoms with Gasteiger partial charge in [-0.1, -0.05) is 0 Å². The Labute approximate surface area is 106 Å². The molecular formula is C10H18N2O5S. The summed E-state index contributed by atoms with van der Waals surface area (Å²) < 4.78 is 26.9. The second-order valence-electron chi connectivity index (χ2n) is 4.85. The van der Waals surface area contributed by atoms with Crippen LogP contribution in [0.3, 0.4) is 0 Å². The quantitative estimate of drug-likeness (QED) is 0.524. The average molecular weight is 278 g/mol. The van der Waals surface area contributed by atoms with E-state index in [1.54, 1.807) is 0 Å². The maximum absolute atomic E-state index is 11.5. The predicted molar refractivity (Wildman–Crippen MR) is 63.2 cm³/mol. The van der Waals surface area contributed by atoms with Crippen LogP contribution in [0, 0.1) is 5.92 Å². The van der Waals surface area contributed by atoms with Gasteiger partial charge in [-0.05, 0) is 12.8 Å². The minimum atomic E-state index is -3.49. The van der Waals surface area contributed by atoms with Crippen LogP contribution in [-0.4, -0.2) is 57.0 Å². The van der Waals surface area contributed by atoms with E-state index in [1.807, 2.05) is 0 Å². The minimum absolute atomic E-state index is 0.142. The van der Waals surface area contributed by atoms with Gasteiger partial charge in [-0.2, -0.15) is 8.42 Å². The Kier molecular flexibility index (Phi) is 3.90. The smallest absolute Gasteiger partial charge is 0.264 e. The van der Waals surface area contributed by atoms with Crippen LogP contribution in [0.5, 0.6) is 0 Å². The summed E-state index contributed by atoms with van der Waals surface area (Å²) in [6.07, 6.45) is 0.722. The van der Waals surface area contributed by atoms with Gasteiger partial charge in [0, 0.05) is 19.1 Å². The Balaban J connectivity index is 1.90. The van der Waals surface area contributed by atoms with Gasteiger partial charge < -0.3 is 15.7 Å². The van der Waals surface area contributed by atoms with Gasteiger partial charge in [0.05, 0.1) is 24.4 Å². The van der Waals surface area contributed by atoms with Gasteiger partial charge in [-0.25, -0.2) is 0 Å². The summed E-state index contributed by atoms with van der Waals surface area (Å²) in [5.41, 5.74) is 0. The van der Waals surface area contributed by atoms with Crippen molar-refractivity contribution in [1.82, 2.24) is 10.6 Å². The first-order chi connectivity index (χ1) is 8.37. The highest BCUT2D eigenvalue weighted by atomic mass is 32.2. The lowest BCUT2D eigenvalue weighted by atomic mass is 9.93. The van der Waals surface area contributed by atoms with E-state index >= 15 is 0 Å². The first-order valence-corrected chi connectivity index (χ1v) is 7.76. The lowest BCUT2D eigenvalue weighted by Gasteiger charge is -2.22. The molecule has 0 unspecified atom stereocenters. The highest BCUT2D eigenvalue weighted by molar-refractivity contribution is 7.86. The van der Waals surface area contributed by atoms with Gasteiger partial charge in [0.25, 0.3) is 10.1 Å². The van der Waals surface area contributed by atoms with Crippen LogP contribution < -0.4 is 10.6 Å². The molecular weight excluding hydrogens is 260 g/mol. The van der Waals surface area contributed by atoms with Crippen LogP contribution in [0.1, 0.15) is 12.8 Å². The monoisotopic (exact) mass is 278 g/mol. The fourth-order valence-electron chi connectivity index (χ4n) is 2.53. The van der Waals surface area contributed by atoms with E-state index in [-0.39, 0.29) is 11.9 Å². The molecule has 18 heavy (non-hydrogen) atoms. The molecule has 0 saturated carbocycles.